The predicted molar refractivity (Wildman–Crippen MR) is 82.4 cm³/mol. The first-order valence-electron chi connectivity index (χ1n) is 7.45. The van der Waals surface area contributed by atoms with Crippen LogP contribution in [0.4, 0.5) is 0 Å². The van der Waals surface area contributed by atoms with Crippen LogP contribution >= 0.6 is 11.6 Å². The first-order chi connectivity index (χ1) is 9.65. The molecule has 3 nitrogen and oxygen atoms in total. The maximum atomic E-state index is 9.95. The smallest absolute Gasteiger partial charge is 0.120 e. The highest BCUT2D eigenvalue weighted by atomic mass is 35.5. The Hall–Kier alpha value is -0.770. The Morgan fingerprint density at radius 1 is 1.40 bits per heavy atom. The van der Waals surface area contributed by atoms with E-state index >= 15 is 0 Å². The molecule has 1 aliphatic carbocycles. The van der Waals surface area contributed by atoms with Crippen LogP contribution in [-0.4, -0.2) is 30.4 Å². The van der Waals surface area contributed by atoms with Gasteiger partial charge in [-0.15, -0.1) is 0 Å². The zero-order chi connectivity index (χ0) is 14.4. The summed E-state index contributed by atoms with van der Waals surface area (Å²) in [6.07, 6.45) is 4.80. The van der Waals surface area contributed by atoms with Crippen molar-refractivity contribution in [2.45, 2.75) is 44.8 Å². The van der Waals surface area contributed by atoms with Crippen LogP contribution in [0.1, 0.15) is 32.6 Å². The first-order valence-corrected chi connectivity index (χ1v) is 7.83. The molecule has 1 saturated carbocycles. The summed E-state index contributed by atoms with van der Waals surface area (Å²) in [7, 11) is 0. The topological polar surface area (TPSA) is 41.5 Å². The molecule has 0 saturated heterocycles. The molecule has 1 aromatic carbocycles. The second-order valence-electron chi connectivity index (χ2n) is 5.66. The quantitative estimate of drug-likeness (QED) is 0.812. The molecule has 2 atom stereocenters. The molecule has 0 aromatic heterocycles. The van der Waals surface area contributed by atoms with Crippen molar-refractivity contribution in [2.24, 2.45) is 5.92 Å². The summed E-state index contributed by atoms with van der Waals surface area (Å²) >= 11 is 5.88. The van der Waals surface area contributed by atoms with E-state index in [4.69, 9.17) is 16.3 Å². The van der Waals surface area contributed by atoms with E-state index in [0.29, 0.717) is 23.4 Å². The van der Waals surface area contributed by atoms with Crippen LogP contribution in [0, 0.1) is 5.92 Å². The lowest BCUT2D eigenvalue weighted by Crippen LogP contribution is -2.39. The average Bonchev–Trinajstić information content (AvgIpc) is 2.97. The van der Waals surface area contributed by atoms with Crippen molar-refractivity contribution >= 4 is 11.6 Å². The lowest BCUT2D eigenvalue weighted by molar-refractivity contribution is 0.102. The number of hydrogen-bond acceptors (Lipinski definition) is 3. The van der Waals surface area contributed by atoms with E-state index in [0.717, 1.165) is 5.92 Å². The van der Waals surface area contributed by atoms with Crippen LogP contribution < -0.4 is 10.1 Å². The lowest BCUT2D eigenvalue weighted by atomic mass is 10.00. The molecule has 112 valence electrons. The molecular weight excluding hydrogens is 274 g/mol. The Morgan fingerprint density at radius 2 is 2.15 bits per heavy atom. The maximum Gasteiger partial charge on any atom is 0.120 e. The second kappa shape index (κ2) is 7.87. The molecule has 1 fully saturated rings. The Morgan fingerprint density at radius 3 is 2.85 bits per heavy atom. The van der Waals surface area contributed by atoms with Crippen molar-refractivity contribution in [3.63, 3.8) is 0 Å². The number of aliphatic hydroxyl groups excluding tert-OH is 1. The van der Waals surface area contributed by atoms with E-state index in [1.807, 2.05) is 12.1 Å². The molecule has 0 spiro atoms. The summed E-state index contributed by atoms with van der Waals surface area (Å²) in [5, 5.41) is 14.0. The van der Waals surface area contributed by atoms with Crippen molar-refractivity contribution in [3.8, 4) is 5.75 Å². The Bertz CT molecular complexity index is 407. The molecule has 2 N–H and O–H groups in total. The van der Waals surface area contributed by atoms with Gasteiger partial charge in [0, 0.05) is 17.6 Å². The average molecular weight is 298 g/mol. The molecule has 0 amide bonds. The summed E-state index contributed by atoms with van der Waals surface area (Å²) in [6, 6.07) is 7.70. The van der Waals surface area contributed by atoms with Crippen molar-refractivity contribution in [1.82, 2.24) is 5.32 Å². The van der Waals surface area contributed by atoms with Crippen molar-refractivity contribution in [2.75, 3.05) is 13.2 Å². The van der Waals surface area contributed by atoms with Crippen LogP contribution in [0.15, 0.2) is 24.3 Å². The number of nitrogens with one attached hydrogen (secondary N) is 1. The maximum absolute atomic E-state index is 9.95. The zero-order valence-corrected chi connectivity index (χ0v) is 12.8. The van der Waals surface area contributed by atoms with Crippen LogP contribution in [0.3, 0.4) is 0 Å². The van der Waals surface area contributed by atoms with E-state index in [-0.39, 0.29) is 6.61 Å². The third-order valence-electron chi connectivity index (χ3n) is 4.02. The molecule has 0 heterocycles. The van der Waals surface area contributed by atoms with Gasteiger partial charge < -0.3 is 15.2 Å². The van der Waals surface area contributed by atoms with Gasteiger partial charge in [-0.05, 0) is 43.9 Å². The number of ether oxygens (including phenoxy) is 1. The van der Waals surface area contributed by atoms with E-state index in [1.54, 1.807) is 12.1 Å². The van der Waals surface area contributed by atoms with E-state index in [9.17, 15) is 5.11 Å². The molecule has 1 unspecified atom stereocenters. The number of halogens is 1. The molecular formula is C16H24ClNO2. The van der Waals surface area contributed by atoms with Gasteiger partial charge in [-0.2, -0.15) is 0 Å². The Kier molecular flexibility index (Phi) is 6.14. The minimum absolute atomic E-state index is 0.282. The van der Waals surface area contributed by atoms with E-state index in [2.05, 4.69) is 12.2 Å². The van der Waals surface area contributed by atoms with Gasteiger partial charge in [-0.3, -0.25) is 0 Å². The van der Waals surface area contributed by atoms with E-state index in [1.165, 1.54) is 25.7 Å². The van der Waals surface area contributed by atoms with Crippen molar-refractivity contribution in [3.05, 3.63) is 29.3 Å². The summed E-state index contributed by atoms with van der Waals surface area (Å²) in [6.45, 7) is 3.06. The standard InChI is InChI=1S/C16H24ClNO2/c1-12(13-5-2-3-6-13)18-10-15(19)11-20-16-8-4-7-14(17)9-16/h4,7-9,12-13,15,18-19H,2-3,5-6,10-11H2,1H3/t12-,15?/m1/s1. The van der Waals surface area contributed by atoms with Crippen LogP contribution in [0.2, 0.25) is 5.02 Å². The molecule has 4 heteroatoms. The molecule has 0 aliphatic heterocycles. The fourth-order valence-corrected chi connectivity index (χ4v) is 2.93. The molecule has 20 heavy (non-hydrogen) atoms. The van der Waals surface area contributed by atoms with Gasteiger partial charge in [0.2, 0.25) is 0 Å². The molecule has 2 rings (SSSR count). The number of rotatable bonds is 7. The van der Waals surface area contributed by atoms with Crippen LogP contribution in [0.5, 0.6) is 5.75 Å². The summed E-state index contributed by atoms with van der Waals surface area (Å²) < 4.78 is 5.53. The lowest BCUT2D eigenvalue weighted by Gasteiger charge is -2.22. The highest BCUT2D eigenvalue weighted by Crippen LogP contribution is 2.27. The summed E-state index contributed by atoms with van der Waals surface area (Å²) in [4.78, 5) is 0. The largest absolute Gasteiger partial charge is 0.491 e. The number of aliphatic hydroxyl groups is 1. The van der Waals surface area contributed by atoms with Gasteiger partial charge in [-0.25, -0.2) is 0 Å². The third kappa shape index (κ3) is 4.97. The number of hydrogen-bond donors (Lipinski definition) is 2. The van der Waals surface area contributed by atoms with Gasteiger partial charge in [-0.1, -0.05) is 30.5 Å². The Labute approximate surface area is 126 Å². The number of benzene rings is 1. The monoisotopic (exact) mass is 297 g/mol. The predicted octanol–water partition coefficient (Wildman–Crippen LogP) is 3.25. The van der Waals surface area contributed by atoms with Crippen LogP contribution in [0.25, 0.3) is 0 Å². The Balaban J connectivity index is 1.66. The second-order valence-corrected chi connectivity index (χ2v) is 6.10. The summed E-state index contributed by atoms with van der Waals surface area (Å²) in [5.41, 5.74) is 0. The van der Waals surface area contributed by atoms with Gasteiger partial charge in [0.15, 0.2) is 0 Å². The van der Waals surface area contributed by atoms with Gasteiger partial charge in [0.25, 0.3) is 0 Å². The molecule has 0 radical (unpaired) electrons. The minimum Gasteiger partial charge on any atom is -0.491 e. The van der Waals surface area contributed by atoms with Crippen LogP contribution in [-0.2, 0) is 0 Å². The summed E-state index contributed by atoms with van der Waals surface area (Å²) in [5.74, 6) is 1.46. The van der Waals surface area contributed by atoms with Gasteiger partial charge in [0.05, 0.1) is 0 Å². The van der Waals surface area contributed by atoms with E-state index < -0.39 is 6.10 Å². The van der Waals surface area contributed by atoms with Crippen molar-refractivity contribution in [1.29, 1.82) is 0 Å². The van der Waals surface area contributed by atoms with Gasteiger partial charge in [0.1, 0.15) is 18.5 Å². The third-order valence-corrected chi connectivity index (χ3v) is 4.26. The van der Waals surface area contributed by atoms with Crippen molar-refractivity contribution < 1.29 is 9.84 Å². The minimum atomic E-state index is -0.502. The normalized spacial score (nSPS) is 18.9. The highest BCUT2D eigenvalue weighted by molar-refractivity contribution is 6.30. The molecule has 0 bridgehead atoms. The zero-order valence-electron chi connectivity index (χ0n) is 12.0. The molecule has 1 aromatic rings. The molecule has 1 aliphatic rings. The van der Waals surface area contributed by atoms with Gasteiger partial charge >= 0.3 is 0 Å². The SMILES string of the molecule is C[C@@H](NCC(O)COc1cccc(Cl)c1)C1CCCC1. The first kappa shape index (κ1) is 15.6. The highest BCUT2D eigenvalue weighted by Gasteiger charge is 2.21. The fourth-order valence-electron chi connectivity index (χ4n) is 2.75. The fraction of sp³-hybridized carbons (Fsp3) is 0.625.